The predicted molar refractivity (Wildman–Crippen MR) is 106 cm³/mol. The van der Waals surface area contributed by atoms with E-state index in [0.29, 0.717) is 12.2 Å². The number of hydrogen-bond acceptors (Lipinski definition) is 5. The molecule has 0 saturated heterocycles. The van der Waals surface area contributed by atoms with Gasteiger partial charge < -0.3 is 15.0 Å². The third kappa shape index (κ3) is 5.81. The van der Waals surface area contributed by atoms with Crippen LogP contribution in [-0.4, -0.2) is 36.6 Å². The highest BCUT2D eigenvalue weighted by Crippen LogP contribution is 2.19. The fourth-order valence-corrected chi connectivity index (χ4v) is 2.82. The normalized spacial score (nSPS) is 11.5. The second-order valence-electron chi connectivity index (χ2n) is 6.02. The van der Waals surface area contributed by atoms with E-state index in [9.17, 15) is 9.59 Å². The first-order valence-electron chi connectivity index (χ1n) is 9.31. The Balaban J connectivity index is 2.14. The van der Waals surface area contributed by atoms with E-state index in [4.69, 9.17) is 4.74 Å². The van der Waals surface area contributed by atoms with Crippen LogP contribution in [0.4, 0.5) is 5.82 Å². The lowest BCUT2D eigenvalue weighted by Gasteiger charge is -2.20. The van der Waals surface area contributed by atoms with Gasteiger partial charge in [0.1, 0.15) is 5.82 Å². The van der Waals surface area contributed by atoms with Gasteiger partial charge >= 0.3 is 5.97 Å². The van der Waals surface area contributed by atoms with Gasteiger partial charge in [-0.05, 0) is 38.5 Å². The Bertz CT molecular complexity index is 728. The van der Waals surface area contributed by atoms with Crippen LogP contribution in [0.25, 0.3) is 0 Å². The average molecular weight is 369 g/mol. The van der Waals surface area contributed by atoms with Crippen molar-refractivity contribution in [3.63, 3.8) is 0 Å². The number of ether oxygens (including phenoxy) is 1. The van der Waals surface area contributed by atoms with Crippen LogP contribution in [-0.2, 0) is 9.53 Å². The van der Waals surface area contributed by atoms with Crippen LogP contribution in [0.5, 0.6) is 0 Å². The van der Waals surface area contributed by atoms with Crippen molar-refractivity contribution in [1.82, 2.24) is 10.3 Å². The highest BCUT2D eigenvalue weighted by Gasteiger charge is 2.20. The summed E-state index contributed by atoms with van der Waals surface area (Å²) < 4.78 is 5.04. The van der Waals surface area contributed by atoms with Crippen molar-refractivity contribution in [2.75, 3.05) is 24.6 Å². The fraction of sp³-hybridized carbons (Fsp3) is 0.381. The molecule has 1 atom stereocenters. The summed E-state index contributed by atoms with van der Waals surface area (Å²) in [6.07, 6.45) is 1.64. The van der Waals surface area contributed by atoms with Gasteiger partial charge in [0.15, 0.2) is 0 Å². The summed E-state index contributed by atoms with van der Waals surface area (Å²) in [6.45, 7) is 7.90. The highest BCUT2D eigenvalue weighted by molar-refractivity contribution is 5.94. The van der Waals surface area contributed by atoms with Gasteiger partial charge in [0.05, 0.1) is 24.6 Å². The number of nitrogens with zero attached hydrogens (tertiary/aromatic N) is 2. The van der Waals surface area contributed by atoms with E-state index in [1.54, 1.807) is 19.2 Å². The number of carbonyl (C=O) groups excluding carboxylic acids is 2. The lowest BCUT2D eigenvalue weighted by molar-refractivity contribution is -0.143. The molecule has 6 nitrogen and oxygen atoms in total. The van der Waals surface area contributed by atoms with Gasteiger partial charge in [-0.15, -0.1) is 0 Å². The van der Waals surface area contributed by atoms with Crippen LogP contribution in [0.2, 0.25) is 0 Å². The van der Waals surface area contributed by atoms with Crippen molar-refractivity contribution < 1.29 is 14.3 Å². The third-order valence-corrected chi connectivity index (χ3v) is 4.28. The van der Waals surface area contributed by atoms with Crippen LogP contribution in [0.15, 0.2) is 48.7 Å². The molecule has 0 aliphatic carbocycles. The Labute approximate surface area is 160 Å². The van der Waals surface area contributed by atoms with E-state index >= 15 is 0 Å². The molecule has 2 aromatic rings. The van der Waals surface area contributed by atoms with Crippen molar-refractivity contribution in [2.45, 2.75) is 33.2 Å². The van der Waals surface area contributed by atoms with E-state index in [1.807, 2.05) is 36.4 Å². The SMILES string of the molecule is CCOC(=O)CC(NC(=O)c1ccc(N(CC)CC)nc1)c1ccccc1. The van der Waals surface area contributed by atoms with Crippen LogP contribution in [0.1, 0.15) is 49.2 Å². The first-order valence-corrected chi connectivity index (χ1v) is 9.31. The molecule has 6 heteroatoms. The van der Waals surface area contributed by atoms with Gasteiger partial charge in [0, 0.05) is 19.3 Å². The van der Waals surface area contributed by atoms with Crippen LogP contribution >= 0.6 is 0 Å². The summed E-state index contributed by atoms with van der Waals surface area (Å²) >= 11 is 0. The number of pyridine rings is 1. The molecule has 1 amide bonds. The van der Waals surface area contributed by atoms with Gasteiger partial charge in [0.25, 0.3) is 5.91 Å². The number of nitrogens with one attached hydrogen (secondary N) is 1. The Morgan fingerprint density at radius 2 is 1.78 bits per heavy atom. The van der Waals surface area contributed by atoms with Crippen molar-refractivity contribution in [1.29, 1.82) is 0 Å². The van der Waals surface area contributed by atoms with Gasteiger partial charge in [-0.25, -0.2) is 4.98 Å². The summed E-state index contributed by atoms with van der Waals surface area (Å²) in [6, 6.07) is 12.5. The molecule has 0 aliphatic heterocycles. The van der Waals surface area contributed by atoms with Gasteiger partial charge in [0.2, 0.25) is 0 Å². The Morgan fingerprint density at radius 3 is 2.33 bits per heavy atom. The molecule has 0 spiro atoms. The summed E-state index contributed by atoms with van der Waals surface area (Å²) in [4.78, 5) is 31.1. The maximum Gasteiger partial charge on any atom is 0.308 e. The molecule has 1 aromatic heterocycles. The molecule has 1 aromatic carbocycles. The number of anilines is 1. The molecular weight excluding hydrogens is 342 g/mol. The minimum Gasteiger partial charge on any atom is -0.466 e. The van der Waals surface area contributed by atoms with E-state index < -0.39 is 6.04 Å². The quantitative estimate of drug-likeness (QED) is 0.686. The first-order chi connectivity index (χ1) is 13.1. The number of amides is 1. The standard InChI is InChI=1S/C21H27N3O3/c1-4-24(5-2)19-13-12-17(15-22-19)21(26)23-18(14-20(25)27-6-3)16-10-8-7-9-11-16/h7-13,15,18H,4-6,14H2,1-3H3,(H,23,26). The molecule has 0 fully saturated rings. The average Bonchev–Trinajstić information content (AvgIpc) is 2.70. The summed E-state index contributed by atoms with van der Waals surface area (Å²) in [5.41, 5.74) is 1.31. The highest BCUT2D eigenvalue weighted by atomic mass is 16.5. The molecule has 1 heterocycles. The second kappa shape index (κ2) is 10.3. The smallest absolute Gasteiger partial charge is 0.308 e. The maximum absolute atomic E-state index is 12.7. The Kier molecular flexibility index (Phi) is 7.79. The molecular formula is C21H27N3O3. The fourth-order valence-electron chi connectivity index (χ4n) is 2.82. The van der Waals surface area contributed by atoms with Crippen molar-refractivity contribution in [3.8, 4) is 0 Å². The zero-order valence-corrected chi connectivity index (χ0v) is 16.1. The molecule has 27 heavy (non-hydrogen) atoms. The van der Waals surface area contributed by atoms with Crippen molar-refractivity contribution in [3.05, 3.63) is 59.8 Å². The monoisotopic (exact) mass is 369 g/mol. The predicted octanol–water partition coefficient (Wildman–Crippen LogP) is 3.35. The minimum atomic E-state index is -0.458. The van der Waals surface area contributed by atoms with Crippen molar-refractivity contribution in [2.24, 2.45) is 0 Å². The number of benzene rings is 1. The van der Waals surface area contributed by atoms with Crippen LogP contribution < -0.4 is 10.2 Å². The van der Waals surface area contributed by atoms with Crippen LogP contribution in [0.3, 0.4) is 0 Å². The second-order valence-corrected chi connectivity index (χ2v) is 6.02. The lowest BCUT2D eigenvalue weighted by Crippen LogP contribution is -2.31. The van der Waals surface area contributed by atoms with E-state index in [0.717, 1.165) is 24.5 Å². The van der Waals surface area contributed by atoms with E-state index in [2.05, 4.69) is 29.0 Å². The topological polar surface area (TPSA) is 71.5 Å². The number of aromatic nitrogens is 1. The van der Waals surface area contributed by atoms with Crippen LogP contribution in [0, 0.1) is 0 Å². The molecule has 2 rings (SSSR count). The Morgan fingerprint density at radius 1 is 1.07 bits per heavy atom. The number of esters is 1. The van der Waals surface area contributed by atoms with Gasteiger partial charge in [-0.2, -0.15) is 0 Å². The number of hydrogen-bond donors (Lipinski definition) is 1. The van der Waals surface area contributed by atoms with Gasteiger partial charge in [-0.3, -0.25) is 9.59 Å². The maximum atomic E-state index is 12.7. The molecule has 0 bridgehead atoms. The molecule has 0 saturated carbocycles. The number of carbonyl (C=O) groups is 2. The summed E-state index contributed by atoms with van der Waals surface area (Å²) in [5.74, 6) is 0.219. The first kappa shape index (κ1) is 20.4. The Hall–Kier alpha value is -2.89. The molecule has 144 valence electrons. The third-order valence-electron chi connectivity index (χ3n) is 4.28. The van der Waals surface area contributed by atoms with E-state index in [1.165, 1.54) is 0 Å². The molecule has 1 N–H and O–H groups in total. The zero-order chi connectivity index (χ0) is 19.6. The summed E-state index contributed by atoms with van der Waals surface area (Å²) in [7, 11) is 0. The molecule has 0 aliphatic rings. The summed E-state index contributed by atoms with van der Waals surface area (Å²) in [5, 5.41) is 2.92. The van der Waals surface area contributed by atoms with Gasteiger partial charge in [-0.1, -0.05) is 30.3 Å². The van der Waals surface area contributed by atoms with Crippen molar-refractivity contribution >= 4 is 17.7 Å². The molecule has 0 radical (unpaired) electrons. The zero-order valence-electron chi connectivity index (χ0n) is 16.1. The van der Waals surface area contributed by atoms with E-state index in [-0.39, 0.29) is 18.3 Å². The number of rotatable bonds is 9. The largest absolute Gasteiger partial charge is 0.466 e. The molecule has 1 unspecified atom stereocenters. The lowest BCUT2D eigenvalue weighted by atomic mass is 10.0. The minimum absolute atomic E-state index is 0.0779.